The minimum absolute atomic E-state index is 0.356. The smallest absolute Gasteiger partial charge is 0.188 e. The Morgan fingerprint density at radius 2 is 1.88 bits per heavy atom. The van der Waals surface area contributed by atoms with Gasteiger partial charge in [-0.15, -0.1) is 0 Å². The Morgan fingerprint density at radius 3 is 2.38 bits per heavy atom. The van der Waals surface area contributed by atoms with Crippen molar-refractivity contribution in [1.29, 1.82) is 0 Å². The molecule has 86 valence electrons. The summed E-state index contributed by atoms with van der Waals surface area (Å²) >= 11 is 0. The summed E-state index contributed by atoms with van der Waals surface area (Å²) in [6.45, 7) is 1.22. The van der Waals surface area contributed by atoms with E-state index in [4.69, 9.17) is 9.47 Å². The maximum absolute atomic E-state index is 12.5. The molecule has 0 aliphatic rings. The molecule has 0 bridgehead atoms. The second kappa shape index (κ2) is 5.30. The highest BCUT2D eigenvalue weighted by Gasteiger charge is 2.09. The van der Waals surface area contributed by atoms with Gasteiger partial charge in [-0.3, -0.25) is 4.79 Å². The third kappa shape index (κ3) is 2.82. The molecule has 0 saturated carbocycles. The van der Waals surface area contributed by atoms with E-state index < -0.39 is 11.6 Å². The van der Waals surface area contributed by atoms with E-state index >= 15 is 0 Å². The average molecular weight is 224 g/mol. The van der Waals surface area contributed by atoms with Crippen LogP contribution in [0.3, 0.4) is 0 Å². The average Bonchev–Trinajstić information content (AvgIpc) is 2.27. The summed E-state index contributed by atoms with van der Waals surface area (Å²) < 4.78 is 22.6. The Morgan fingerprint density at radius 1 is 1.25 bits per heavy atom. The monoisotopic (exact) mass is 224 g/mol. The van der Waals surface area contributed by atoms with Crippen LogP contribution in [-0.4, -0.2) is 20.0 Å². The van der Waals surface area contributed by atoms with Gasteiger partial charge in [0.15, 0.2) is 17.3 Å². The molecular weight excluding hydrogens is 211 g/mol. The molecular formula is C12H13FO3. The summed E-state index contributed by atoms with van der Waals surface area (Å²) in [4.78, 5) is 11.5. The first-order valence-corrected chi connectivity index (χ1v) is 4.68. The fourth-order valence-electron chi connectivity index (χ4n) is 1.25. The lowest BCUT2D eigenvalue weighted by atomic mass is 10.1. The predicted molar refractivity (Wildman–Crippen MR) is 58.7 cm³/mol. The SMILES string of the molecule is COc1ccc(C(=O)/C=C(/C)F)cc1OC. The van der Waals surface area contributed by atoms with Gasteiger partial charge in [-0.05, 0) is 25.1 Å². The minimum Gasteiger partial charge on any atom is -0.493 e. The summed E-state index contributed by atoms with van der Waals surface area (Å²) in [5, 5.41) is 0. The van der Waals surface area contributed by atoms with Gasteiger partial charge in [0.1, 0.15) is 5.83 Å². The van der Waals surface area contributed by atoms with E-state index in [0.29, 0.717) is 17.1 Å². The molecule has 0 aliphatic heterocycles. The molecule has 0 heterocycles. The van der Waals surface area contributed by atoms with Crippen LogP contribution in [0.5, 0.6) is 11.5 Å². The number of halogens is 1. The van der Waals surface area contributed by atoms with Gasteiger partial charge >= 0.3 is 0 Å². The summed E-state index contributed by atoms with van der Waals surface area (Å²) in [5.74, 6) is 0.0407. The van der Waals surface area contributed by atoms with Crippen molar-refractivity contribution in [3.8, 4) is 11.5 Å². The first kappa shape index (κ1) is 12.2. The van der Waals surface area contributed by atoms with E-state index in [1.54, 1.807) is 12.1 Å². The van der Waals surface area contributed by atoms with Gasteiger partial charge in [-0.25, -0.2) is 4.39 Å². The van der Waals surface area contributed by atoms with Crippen molar-refractivity contribution >= 4 is 5.78 Å². The molecule has 1 rings (SSSR count). The normalized spacial score (nSPS) is 11.1. The molecule has 4 heteroatoms. The van der Waals surface area contributed by atoms with Gasteiger partial charge in [0.2, 0.25) is 0 Å². The van der Waals surface area contributed by atoms with E-state index in [-0.39, 0.29) is 0 Å². The second-order valence-electron chi connectivity index (χ2n) is 3.17. The Labute approximate surface area is 93.5 Å². The van der Waals surface area contributed by atoms with Crippen LogP contribution in [0, 0.1) is 0 Å². The fraction of sp³-hybridized carbons (Fsp3) is 0.250. The number of hydrogen-bond acceptors (Lipinski definition) is 3. The quantitative estimate of drug-likeness (QED) is 0.582. The predicted octanol–water partition coefficient (Wildman–Crippen LogP) is 2.76. The first-order valence-electron chi connectivity index (χ1n) is 4.68. The van der Waals surface area contributed by atoms with Gasteiger partial charge < -0.3 is 9.47 Å². The topological polar surface area (TPSA) is 35.5 Å². The van der Waals surface area contributed by atoms with Crippen LogP contribution in [0.25, 0.3) is 0 Å². The summed E-state index contributed by atoms with van der Waals surface area (Å²) in [6, 6.07) is 4.68. The zero-order valence-electron chi connectivity index (χ0n) is 9.41. The second-order valence-corrected chi connectivity index (χ2v) is 3.17. The third-order valence-electron chi connectivity index (χ3n) is 2.00. The van der Waals surface area contributed by atoms with Crippen LogP contribution in [0.15, 0.2) is 30.1 Å². The summed E-state index contributed by atoms with van der Waals surface area (Å²) in [5.41, 5.74) is 0.356. The van der Waals surface area contributed by atoms with Crippen LogP contribution >= 0.6 is 0 Å². The molecule has 0 spiro atoms. The summed E-state index contributed by atoms with van der Waals surface area (Å²) in [7, 11) is 2.98. The van der Waals surface area contributed by atoms with Gasteiger partial charge in [0, 0.05) is 11.6 Å². The number of rotatable bonds is 4. The zero-order chi connectivity index (χ0) is 12.1. The van der Waals surface area contributed by atoms with Gasteiger partial charge in [-0.1, -0.05) is 0 Å². The number of carbonyl (C=O) groups is 1. The maximum atomic E-state index is 12.5. The molecule has 0 N–H and O–H groups in total. The molecule has 0 aliphatic carbocycles. The molecule has 0 aromatic heterocycles. The molecule has 0 amide bonds. The van der Waals surface area contributed by atoms with Crippen molar-refractivity contribution in [1.82, 2.24) is 0 Å². The number of methoxy groups -OCH3 is 2. The lowest BCUT2D eigenvalue weighted by Crippen LogP contribution is -1.97. The van der Waals surface area contributed by atoms with E-state index in [1.807, 2.05) is 0 Å². The zero-order valence-corrected chi connectivity index (χ0v) is 9.41. The van der Waals surface area contributed by atoms with E-state index in [0.717, 1.165) is 6.08 Å². The lowest BCUT2D eigenvalue weighted by molar-refractivity contribution is 0.104. The number of benzene rings is 1. The molecule has 0 radical (unpaired) electrons. The molecule has 1 aromatic carbocycles. The largest absolute Gasteiger partial charge is 0.493 e. The van der Waals surface area contributed by atoms with Crippen LogP contribution in [0.1, 0.15) is 17.3 Å². The van der Waals surface area contributed by atoms with Crippen LogP contribution in [-0.2, 0) is 0 Å². The van der Waals surface area contributed by atoms with E-state index in [9.17, 15) is 9.18 Å². The number of hydrogen-bond donors (Lipinski definition) is 0. The Kier molecular flexibility index (Phi) is 4.05. The van der Waals surface area contributed by atoms with Gasteiger partial charge in [0.25, 0.3) is 0 Å². The molecule has 0 fully saturated rings. The van der Waals surface area contributed by atoms with Gasteiger partial charge in [0.05, 0.1) is 14.2 Å². The fourth-order valence-corrected chi connectivity index (χ4v) is 1.25. The molecule has 0 saturated heterocycles. The molecule has 3 nitrogen and oxygen atoms in total. The molecule has 0 unspecified atom stereocenters. The highest BCUT2D eigenvalue weighted by molar-refractivity contribution is 6.05. The Hall–Kier alpha value is -1.84. The van der Waals surface area contributed by atoms with Crippen molar-refractivity contribution in [2.75, 3.05) is 14.2 Å². The third-order valence-corrected chi connectivity index (χ3v) is 2.00. The lowest BCUT2D eigenvalue weighted by Gasteiger charge is -2.07. The number of ketones is 1. The van der Waals surface area contributed by atoms with Crippen LogP contribution in [0.4, 0.5) is 4.39 Å². The van der Waals surface area contributed by atoms with E-state index in [2.05, 4.69) is 0 Å². The molecule has 1 aromatic rings. The van der Waals surface area contributed by atoms with Crippen molar-refractivity contribution in [2.45, 2.75) is 6.92 Å². The highest BCUT2D eigenvalue weighted by Crippen LogP contribution is 2.27. The van der Waals surface area contributed by atoms with Crippen LogP contribution < -0.4 is 9.47 Å². The Bertz CT molecular complexity index is 420. The van der Waals surface area contributed by atoms with Crippen molar-refractivity contribution in [3.05, 3.63) is 35.7 Å². The number of carbonyl (C=O) groups excluding carboxylic acids is 1. The van der Waals surface area contributed by atoms with E-state index in [1.165, 1.54) is 27.2 Å². The number of ether oxygens (including phenoxy) is 2. The molecule has 16 heavy (non-hydrogen) atoms. The Balaban J connectivity index is 3.08. The van der Waals surface area contributed by atoms with Crippen LogP contribution in [0.2, 0.25) is 0 Å². The standard InChI is InChI=1S/C12H13FO3/c1-8(13)6-10(14)9-4-5-11(15-2)12(7-9)16-3/h4-7H,1-3H3/b8-6-. The first-order chi connectivity index (χ1) is 7.58. The van der Waals surface area contributed by atoms with Crippen molar-refractivity contribution in [3.63, 3.8) is 0 Å². The van der Waals surface area contributed by atoms with Crippen molar-refractivity contribution in [2.24, 2.45) is 0 Å². The van der Waals surface area contributed by atoms with Crippen molar-refractivity contribution < 1.29 is 18.7 Å². The molecule has 0 atom stereocenters. The minimum atomic E-state index is -0.528. The number of allylic oxidation sites excluding steroid dienone is 2. The summed E-state index contributed by atoms with van der Waals surface area (Å²) in [6.07, 6.45) is 0.932. The van der Waals surface area contributed by atoms with Gasteiger partial charge in [-0.2, -0.15) is 0 Å². The maximum Gasteiger partial charge on any atom is 0.188 e. The highest BCUT2D eigenvalue weighted by atomic mass is 19.1.